The first-order valence-electron chi connectivity index (χ1n) is 8.80. The summed E-state index contributed by atoms with van der Waals surface area (Å²) in [7, 11) is -1.24. The highest BCUT2D eigenvalue weighted by Crippen LogP contribution is 2.34. The average molecular weight is 369 g/mol. The van der Waals surface area contributed by atoms with Gasteiger partial charge in [0.15, 0.2) is 12.6 Å². The Morgan fingerprint density at radius 3 is 2.48 bits per heavy atom. The molecule has 0 radical (unpaired) electrons. The van der Waals surface area contributed by atoms with Crippen molar-refractivity contribution in [3.63, 3.8) is 0 Å². The highest BCUT2D eigenvalue weighted by atomic mass is 28.3. The summed E-state index contributed by atoms with van der Waals surface area (Å²) in [5, 5.41) is 20.8. The van der Waals surface area contributed by atoms with Gasteiger partial charge in [0.05, 0.1) is 6.61 Å². The average Bonchev–Trinajstić information content (AvgIpc) is 2.59. The molecule has 1 aromatic carbocycles. The van der Waals surface area contributed by atoms with E-state index in [1.165, 1.54) is 0 Å². The Bertz CT molecular complexity index is 546. The molecule has 2 heterocycles. The zero-order valence-electron chi connectivity index (χ0n) is 15.0. The zero-order chi connectivity index (χ0) is 18.0. The van der Waals surface area contributed by atoms with Crippen molar-refractivity contribution in [3.05, 3.63) is 35.9 Å². The van der Waals surface area contributed by atoms with Gasteiger partial charge in [-0.25, -0.2) is 0 Å². The van der Waals surface area contributed by atoms with Crippen molar-refractivity contribution in [2.24, 2.45) is 0 Å². The summed E-state index contributed by atoms with van der Waals surface area (Å²) in [5.41, 5.74) is 0.871. The van der Waals surface area contributed by atoms with Crippen molar-refractivity contribution in [2.45, 2.75) is 62.7 Å². The van der Waals surface area contributed by atoms with E-state index < -0.39 is 45.1 Å². The van der Waals surface area contributed by atoms with E-state index >= 15 is 0 Å². The Balaban J connectivity index is 1.60. The van der Waals surface area contributed by atoms with Crippen LogP contribution in [0.1, 0.15) is 11.9 Å². The normalized spacial score (nSPS) is 36.0. The summed E-state index contributed by atoms with van der Waals surface area (Å²) < 4.78 is 23.1. The molecule has 0 bridgehead atoms. The summed E-state index contributed by atoms with van der Waals surface area (Å²) in [4.78, 5) is 0. The summed E-state index contributed by atoms with van der Waals surface area (Å²) in [6.45, 7) is 7.56. The molecule has 2 aliphatic heterocycles. The van der Waals surface area contributed by atoms with Crippen LogP contribution in [0, 0.1) is 0 Å². The number of hydrogen-bond donors (Lipinski definition) is 2. The van der Waals surface area contributed by atoms with Gasteiger partial charge < -0.3 is 29.2 Å². The molecular formula is C18H28O6Si. The van der Waals surface area contributed by atoms with E-state index in [0.29, 0.717) is 6.61 Å². The van der Waals surface area contributed by atoms with Crippen molar-refractivity contribution >= 4 is 8.07 Å². The van der Waals surface area contributed by atoms with E-state index in [1.807, 2.05) is 30.3 Å². The molecule has 0 amide bonds. The molecule has 1 aromatic rings. The van der Waals surface area contributed by atoms with Crippen LogP contribution in [0.15, 0.2) is 30.3 Å². The molecule has 2 aliphatic rings. The van der Waals surface area contributed by atoms with E-state index in [4.69, 9.17) is 18.9 Å². The van der Waals surface area contributed by atoms with Crippen molar-refractivity contribution in [1.82, 2.24) is 0 Å². The largest absolute Gasteiger partial charge is 0.387 e. The molecule has 2 saturated heterocycles. The van der Waals surface area contributed by atoms with Crippen molar-refractivity contribution in [1.29, 1.82) is 0 Å². The lowest BCUT2D eigenvalue weighted by Crippen LogP contribution is -2.62. The van der Waals surface area contributed by atoms with Crippen LogP contribution in [-0.2, 0) is 18.9 Å². The lowest BCUT2D eigenvalue weighted by atomic mass is 9.98. The molecule has 2 fully saturated rings. The number of rotatable bonds is 5. The molecular weight excluding hydrogens is 340 g/mol. The standard InChI is InChI=1S/C18H28O6Si/c1-25(2,3)10-9-21-18-15(20)14(19)16-13(23-18)11-22-17(24-16)12-7-5-4-6-8-12/h4-8,13-20H,9-11H2,1-3H3/t13-,14-,15-,16+,17?,18-/m1/s1. The van der Waals surface area contributed by atoms with Gasteiger partial charge in [0.25, 0.3) is 0 Å². The Kier molecular flexibility index (Phi) is 5.94. The van der Waals surface area contributed by atoms with Crippen molar-refractivity contribution < 1.29 is 29.2 Å². The maximum Gasteiger partial charge on any atom is 0.186 e. The van der Waals surface area contributed by atoms with Gasteiger partial charge in [-0.05, 0) is 6.04 Å². The number of ether oxygens (including phenoxy) is 4. The highest BCUT2D eigenvalue weighted by Gasteiger charge is 2.49. The second kappa shape index (κ2) is 7.83. The minimum atomic E-state index is -1.24. The van der Waals surface area contributed by atoms with Gasteiger partial charge in [0.1, 0.15) is 24.4 Å². The lowest BCUT2D eigenvalue weighted by molar-refractivity contribution is -0.360. The van der Waals surface area contributed by atoms with Crippen LogP contribution in [0.4, 0.5) is 0 Å². The third-order valence-electron chi connectivity index (χ3n) is 4.54. The monoisotopic (exact) mass is 368 g/mol. The van der Waals surface area contributed by atoms with Crippen LogP contribution in [0.5, 0.6) is 0 Å². The first-order chi connectivity index (χ1) is 11.8. The van der Waals surface area contributed by atoms with E-state index in [-0.39, 0.29) is 6.61 Å². The number of fused-ring (bicyclic) bond motifs is 1. The van der Waals surface area contributed by atoms with E-state index in [2.05, 4.69) is 19.6 Å². The predicted octanol–water partition coefficient (Wildman–Crippen LogP) is 1.90. The maximum atomic E-state index is 10.5. The van der Waals surface area contributed by atoms with Crippen LogP contribution in [0.3, 0.4) is 0 Å². The molecule has 0 saturated carbocycles. The van der Waals surface area contributed by atoms with Crippen molar-refractivity contribution in [3.8, 4) is 0 Å². The second-order valence-corrected chi connectivity index (χ2v) is 13.5. The molecule has 6 nitrogen and oxygen atoms in total. The third kappa shape index (κ3) is 4.68. The molecule has 6 atom stereocenters. The van der Waals surface area contributed by atoms with Crippen molar-refractivity contribution in [2.75, 3.05) is 13.2 Å². The van der Waals surface area contributed by atoms with E-state index in [0.717, 1.165) is 11.6 Å². The molecule has 0 aliphatic carbocycles. The van der Waals surface area contributed by atoms with Gasteiger partial charge in [-0.1, -0.05) is 50.0 Å². The number of aliphatic hydroxyl groups excluding tert-OH is 2. The third-order valence-corrected chi connectivity index (χ3v) is 6.24. The number of aliphatic hydroxyl groups is 2. The minimum absolute atomic E-state index is 0.280. The van der Waals surface area contributed by atoms with Crippen LogP contribution >= 0.6 is 0 Å². The SMILES string of the molecule is C[Si](C)(C)CCO[C@@H]1O[C@@H]2COC(c3ccccc3)O[C@@H]2[C@H](O)[C@H]1O. The zero-order valence-corrected chi connectivity index (χ0v) is 16.0. The Morgan fingerprint density at radius 2 is 1.80 bits per heavy atom. The van der Waals surface area contributed by atoms with Crippen LogP contribution < -0.4 is 0 Å². The molecule has 0 spiro atoms. The van der Waals surface area contributed by atoms with Gasteiger partial charge >= 0.3 is 0 Å². The molecule has 0 aromatic heterocycles. The summed E-state index contributed by atoms with van der Waals surface area (Å²) >= 11 is 0. The molecule has 2 N–H and O–H groups in total. The van der Waals surface area contributed by atoms with Crippen LogP contribution in [-0.4, -0.2) is 62.2 Å². The van der Waals surface area contributed by atoms with Gasteiger partial charge in [0, 0.05) is 20.2 Å². The molecule has 1 unspecified atom stereocenters. The van der Waals surface area contributed by atoms with Gasteiger partial charge in [-0.2, -0.15) is 0 Å². The summed E-state index contributed by atoms with van der Waals surface area (Å²) in [6, 6.07) is 10.5. The van der Waals surface area contributed by atoms with E-state index in [1.54, 1.807) is 0 Å². The summed E-state index contributed by atoms with van der Waals surface area (Å²) in [5.74, 6) is 0. The fourth-order valence-electron chi connectivity index (χ4n) is 2.98. The number of hydrogen-bond acceptors (Lipinski definition) is 6. The fraction of sp³-hybridized carbons (Fsp3) is 0.667. The highest BCUT2D eigenvalue weighted by molar-refractivity contribution is 6.76. The van der Waals surface area contributed by atoms with Gasteiger partial charge in [-0.3, -0.25) is 0 Å². The quantitative estimate of drug-likeness (QED) is 0.773. The van der Waals surface area contributed by atoms with Crippen LogP contribution in [0.25, 0.3) is 0 Å². The predicted molar refractivity (Wildman–Crippen MR) is 94.8 cm³/mol. The molecule has 3 rings (SSSR count). The Morgan fingerprint density at radius 1 is 1.08 bits per heavy atom. The topological polar surface area (TPSA) is 77.4 Å². The fourth-order valence-corrected chi connectivity index (χ4v) is 3.71. The maximum absolute atomic E-state index is 10.5. The number of benzene rings is 1. The van der Waals surface area contributed by atoms with E-state index in [9.17, 15) is 10.2 Å². The Hall–Kier alpha value is -0.803. The van der Waals surface area contributed by atoms with Gasteiger partial charge in [0.2, 0.25) is 0 Å². The summed E-state index contributed by atoms with van der Waals surface area (Å²) in [6.07, 6.45) is -4.76. The van der Waals surface area contributed by atoms with Crippen LogP contribution in [0.2, 0.25) is 25.7 Å². The first-order valence-corrected chi connectivity index (χ1v) is 12.5. The minimum Gasteiger partial charge on any atom is -0.387 e. The second-order valence-electron chi connectivity index (χ2n) is 7.88. The van der Waals surface area contributed by atoms with Gasteiger partial charge in [-0.15, -0.1) is 0 Å². The molecule has 140 valence electrons. The molecule has 25 heavy (non-hydrogen) atoms. The first kappa shape index (κ1) is 19.0. The Labute approximate surface area is 149 Å². The smallest absolute Gasteiger partial charge is 0.186 e. The lowest BCUT2D eigenvalue weighted by Gasteiger charge is -2.46. The molecule has 7 heteroatoms.